The molecule has 0 radical (unpaired) electrons. The summed E-state index contributed by atoms with van der Waals surface area (Å²) in [4.78, 5) is 33.2. The summed E-state index contributed by atoms with van der Waals surface area (Å²) in [5.41, 5.74) is 1.43. The van der Waals surface area contributed by atoms with E-state index >= 15 is 0 Å². The topological polar surface area (TPSA) is 133 Å². The van der Waals surface area contributed by atoms with Gasteiger partial charge in [0.05, 0.1) is 28.3 Å². The van der Waals surface area contributed by atoms with Gasteiger partial charge in [0.25, 0.3) is 11.6 Å². The molecule has 1 heterocycles. The van der Waals surface area contributed by atoms with Crippen molar-refractivity contribution in [1.82, 2.24) is 9.78 Å². The Hall–Kier alpha value is -3.79. The molecule has 0 unspecified atom stereocenters. The third-order valence-electron chi connectivity index (χ3n) is 4.11. The minimum atomic E-state index is -0.629. The fourth-order valence-electron chi connectivity index (χ4n) is 2.63. The first-order chi connectivity index (χ1) is 13.7. The molecule has 29 heavy (non-hydrogen) atoms. The van der Waals surface area contributed by atoms with Crippen molar-refractivity contribution >= 4 is 34.7 Å². The summed E-state index contributed by atoms with van der Waals surface area (Å²) in [6.07, 6.45) is 0. The second-order valence-corrected chi connectivity index (χ2v) is 6.56. The molecule has 1 N–H and O–H groups in total. The summed E-state index contributed by atoms with van der Waals surface area (Å²) < 4.78 is 1.49. The molecule has 0 aliphatic carbocycles. The number of amides is 1. The average Bonchev–Trinajstić information content (AvgIpc) is 3.04. The minimum Gasteiger partial charge on any atom is -0.358 e. The van der Waals surface area contributed by atoms with E-state index in [0.717, 1.165) is 11.6 Å². The number of nitro groups is 2. The number of nitrogens with one attached hydrogen (secondary N) is 1. The molecule has 0 atom stereocenters. The number of nitrogens with zero attached hydrogens (tertiary/aromatic N) is 4. The molecule has 11 heteroatoms. The molecule has 3 rings (SSSR count). The second-order valence-electron chi connectivity index (χ2n) is 6.13. The van der Waals surface area contributed by atoms with Crippen molar-refractivity contribution in [3.8, 4) is 0 Å². The van der Waals surface area contributed by atoms with Gasteiger partial charge in [-0.1, -0.05) is 23.7 Å². The predicted molar refractivity (Wildman–Crippen MR) is 105 cm³/mol. The van der Waals surface area contributed by atoms with Crippen LogP contribution in [-0.2, 0) is 6.54 Å². The Bertz CT molecular complexity index is 1110. The summed E-state index contributed by atoms with van der Waals surface area (Å²) in [7, 11) is 0. The molecule has 0 saturated carbocycles. The van der Waals surface area contributed by atoms with Crippen LogP contribution in [0, 0.1) is 27.2 Å². The Balaban J connectivity index is 1.74. The highest BCUT2D eigenvalue weighted by Crippen LogP contribution is 2.28. The Labute approximate surface area is 169 Å². The number of carbonyl (C=O) groups excluding carboxylic acids is 1. The molecule has 0 aliphatic rings. The SMILES string of the molecule is Cc1cc([N+](=O)[O-])nn1Cc1ccc(C(=O)Nc2ccc(Cl)cc2[N+](=O)[O-])cc1. The quantitative estimate of drug-likeness (QED) is 0.478. The number of anilines is 1. The van der Waals surface area contributed by atoms with Gasteiger partial charge in [-0.3, -0.25) is 14.9 Å². The predicted octanol–water partition coefficient (Wildman–Crippen LogP) is 3.96. The molecule has 3 aromatic rings. The number of rotatable bonds is 6. The number of hydrogen-bond donors (Lipinski definition) is 1. The van der Waals surface area contributed by atoms with Crippen molar-refractivity contribution in [3.05, 3.63) is 90.6 Å². The highest BCUT2D eigenvalue weighted by atomic mass is 35.5. The lowest BCUT2D eigenvalue weighted by atomic mass is 10.1. The summed E-state index contributed by atoms with van der Waals surface area (Å²) >= 11 is 5.77. The van der Waals surface area contributed by atoms with Crippen molar-refractivity contribution in [3.63, 3.8) is 0 Å². The number of hydrogen-bond acceptors (Lipinski definition) is 6. The molecular formula is C18H14ClN5O5. The van der Waals surface area contributed by atoms with Crippen LogP contribution < -0.4 is 5.32 Å². The molecule has 148 valence electrons. The van der Waals surface area contributed by atoms with Gasteiger partial charge in [-0.15, -0.1) is 0 Å². The standard InChI is InChI=1S/C18H14ClN5O5/c1-11-8-17(24(28)29)21-22(11)10-12-2-4-13(5-3-12)18(25)20-15-7-6-14(19)9-16(15)23(26)27/h2-9H,10H2,1H3,(H,20,25). The van der Waals surface area contributed by atoms with Crippen molar-refractivity contribution in [1.29, 1.82) is 0 Å². The first-order valence-electron chi connectivity index (χ1n) is 8.27. The maximum absolute atomic E-state index is 12.4. The van der Waals surface area contributed by atoms with Crippen LogP contribution in [0.1, 0.15) is 21.6 Å². The molecule has 0 spiro atoms. The Morgan fingerprint density at radius 3 is 2.38 bits per heavy atom. The van der Waals surface area contributed by atoms with E-state index in [1.807, 2.05) is 0 Å². The van der Waals surface area contributed by atoms with Crippen molar-refractivity contribution in [2.75, 3.05) is 5.32 Å². The van der Waals surface area contributed by atoms with Crippen LogP contribution in [0.15, 0.2) is 48.5 Å². The maximum Gasteiger partial charge on any atom is 0.390 e. The normalized spacial score (nSPS) is 10.6. The van der Waals surface area contributed by atoms with Crippen LogP contribution in [0.25, 0.3) is 0 Å². The van der Waals surface area contributed by atoms with Crippen LogP contribution in [0.3, 0.4) is 0 Å². The number of benzene rings is 2. The lowest BCUT2D eigenvalue weighted by molar-refractivity contribution is -0.389. The number of nitro benzene ring substituents is 1. The average molecular weight is 416 g/mol. The van der Waals surface area contributed by atoms with Gasteiger partial charge >= 0.3 is 5.82 Å². The number of aromatic nitrogens is 2. The minimum absolute atomic E-state index is 0.0351. The Kier molecular flexibility index (Phi) is 5.55. The lowest BCUT2D eigenvalue weighted by Gasteiger charge is -2.07. The third-order valence-corrected chi connectivity index (χ3v) is 4.34. The molecule has 10 nitrogen and oxygen atoms in total. The summed E-state index contributed by atoms with van der Waals surface area (Å²) in [6, 6.07) is 11.8. The zero-order valence-corrected chi connectivity index (χ0v) is 15.8. The Morgan fingerprint density at radius 1 is 1.10 bits per heavy atom. The molecule has 0 fully saturated rings. The highest BCUT2D eigenvalue weighted by molar-refractivity contribution is 6.31. The monoisotopic (exact) mass is 415 g/mol. The van der Waals surface area contributed by atoms with Crippen LogP contribution in [0.2, 0.25) is 5.02 Å². The van der Waals surface area contributed by atoms with E-state index in [9.17, 15) is 25.0 Å². The number of aryl methyl sites for hydroxylation is 1. The first-order valence-corrected chi connectivity index (χ1v) is 8.65. The van der Waals surface area contributed by atoms with E-state index in [-0.39, 0.29) is 22.2 Å². The molecule has 0 bridgehead atoms. The molecule has 1 aromatic heterocycles. The first kappa shape index (κ1) is 20.0. The molecular weight excluding hydrogens is 402 g/mol. The van der Waals surface area contributed by atoms with Gasteiger partial charge < -0.3 is 15.4 Å². The fraction of sp³-hybridized carbons (Fsp3) is 0.111. The van der Waals surface area contributed by atoms with Gasteiger partial charge in [0.2, 0.25) is 0 Å². The van der Waals surface area contributed by atoms with E-state index in [2.05, 4.69) is 10.4 Å². The lowest BCUT2D eigenvalue weighted by Crippen LogP contribution is -2.13. The van der Waals surface area contributed by atoms with Gasteiger partial charge in [0, 0.05) is 16.7 Å². The maximum atomic E-state index is 12.4. The zero-order valence-electron chi connectivity index (χ0n) is 15.0. The van der Waals surface area contributed by atoms with Gasteiger partial charge in [-0.2, -0.15) is 4.68 Å². The van der Waals surface area contributed by atoms with E-state index in [1.165, 1.54) is 22.9 Å². The van der Waals surface area contributed by atoms with Gasteiger partial charge in [0.15, 0.2) is 0 Å². The second kappa shape index (κ2) is 8.07. The summed E-state index contributed by atoms with van der Waals surface area (Å²) in [6.45, 7) is 2.01. The number of carbonyl (C=O) groups is 1. The fourth-order valence-corrected chi connectivity index (χ4v) is 2.80. The number of halogens is 1. The molecule has 2 aromatic carbocycles. The van der Waals surface area contributed by atoms with Crippen molar-refractivity contribution in [2.24, 2.45) is 0 Å². The van der Waals surface area contributed by atoms with E-state index < -0.39 is 15.8 Å². The van der Waals surface area contributed by atoms with Crippen LogP contribution in [0.4, 0.5) is 17.2 Å². The van der Waals surface area contributed by atoms with Gasteiger partial charge in [-0.25, -0.2) is 0 Å². The van der Waals surface area contributed by atoms with Crippen LogP contribution in [0.5, 0.6) is 0 Å². The van der Waals surface area contributed by atoms with E-state index in [0.29, 0.717) is 17.8 Å². The molecule has 0 aliphatic heterocycles. The van der Waals surface area contributed by atoms with Crippen LogP contribution >= 0.6 is 11.6 Å². The Morgan fingerprint density at radius 2 is 1.79 bits per heavy atom. The summed E-state index contributed by atoms with van der Waals surface area (Å²) in [5.74, 6) is -0.754. The van der Waals surface area contributed by atoms with Crippen molar-refractivity contribution in [2.45, 2.75) is 13.5 Å². The van der Waals surface area contributed by atoms with Gasteiger partial charge in [-0.05, 0) is 41.7 Å². The highest BCUT2D eigenvalue weighted by Gasteiger charge is 2.18. The molecule has 1 amide bonds. The van der Waals surface area contributed by atoms with Gasteiger partial charge in [0.1, 0.15) is 5.69 Å². The summed E-state index contributed by atoms with van der Waals surface area (Å²) in [5, 5.41) is 28.5. The zero-order chi connectivity index (χ0) is 21.1. The van der Waals surface area contributed by atoms with Crippen LogP contribution in [-0.4, -0.2) is 25.5 Å². The smallest absolute Gasteiger partial charge is 0.358 e. The van der Waals surface area contributed by atoms with E-state index in [1.54, 1.807) is 31.2 Å². The van der Waals surface area contributed by atoms with Crippen molar-refractivity contribution < 1.29 is 14.6 Å². The van der Waals surface area contributed by atoms with E-state index in [4.69, 9.17) is 11.6 Å². The largest absolute Gasteiger partial charge is 0.390 e. The third kappa shape index (κ3) is 4.55. The molecule has 0 saturated heterocycles.